The van der Waals surface area contributed by atoms with Gasteiger partial charge in [-0.15, -0.1) is 0 Å². The van der Waals surface area contributed by atoms with Crippen LogP contribution in [0.4, 0.5) is 5.82 Å². The summed E-state index contributed by atoms with van der Waals surface area (Å²) >= 11 is 0. The number of aryl methyl sites for hydroxylation is 1. The SMILES string of the molecule is Cc1oncc1C(=O)N1CCC2(CC1)CN(c1ccccn1)CCO2. The Morgan fingerprint density at radius 3 is 2.76 bits per heavy atom. The van der Waals surface area contributed by atoms with Crippen LogP contribution in [0, 0.1) is 6.92 Å². The first-order valence-electron chi connectivity index (χ1n) is 8.67. The summed E-state index contributed by atoms with van der Waals surface area (Å²) in [6.45, 7) is 5.48. The minimum atomic E-state index is -0.198. The summed E-state index contributed by atoms with van der Waals surface area (Å²) in [6.07, 6.45) is 4.97. The highest BCUT2D eigenvalue weighted by atomic mass is 16.5. The molecule has 2 aromatic heterocycles. The Morgan fingerprint density at radius 2 is 2.08 bits per heavy atom. The molecule has 1 spiro atoms. The lowest BCUT2D eigenvalue weighted by molar-refractivity contribution is -0.0870. The van der Waals surface area contributed by atoms with Crippen LogP contribution in [-0.4, -0.2) is 59.3 Å². The molecule has 0 bridgehead atoms. The van der Waals surface area contributed by atoms with Crippen LogP contribution in [0.3, 0.4) is 0 Å². The molecule has 1 amide bonds. The minimum absolute atomic E-state index is 0.00834. The maximum Gasteiger partial charge on any atom is 0.259 e. The summed E-state index contributed by atoms with van der Waals surface area (Å²) in [5.74, 6) is 1.55. The van der Waals surface area contributed by atoms with E-state index >= 15 is 0 Å². The molecular weight excluding hydrogens is 320 g/mol. The zero-order valence-corrected chi connectivity index (χ0v) is 14.4. The second-order valence-corrected chi connectivity index (χ2v) is 6.73. The van der Waals surface area contributed by atoms with Crippen molar-refractivity contribution in [3.63, 3.8) is 0 Å². The van der Waals surface area contributed by atoms with Crippen LogP contribution >= 0.6 is 0 Å². The van der Waals surface area contributed by atoms with Gasteiger partial charge in [0.1, 0.15) is 17.1 Å². The molecule has 0 radical (unpaired) electrons. The smallest absolute Gasteiger partial charge is 0.259 e. The second-order valence-electron chi connectivity index (χ2n) is 6.73. The second kappa shape index (κ2) is 6.48. The van der Waals surface area contributed by atoms with Gasteiger partial charge in [-0.3, -0.25) is 4.79 Å². The summed E-state index contributed by atoms with van der Waals surface area (Å²) in [4.78, 5) is 21.2. The Kier molecular flexibility index (Phi) is 4.17. The van der Waals surface area contributed by atoms with Crippen LogP contribution in [0.1, 0.15) is 29.0 Å². The number of piperidine rings is 1. The lowest BCUT2D eigenvalue weighted by Crippen LogP contribution is -2.57. The van der Waals surface area contributed by atoms with Gasteiger partial charge in [0.15, 0.2) is 0 Å². The quantitative estimate of drug-likeness (QED) is 0.830. The lowest BCUT2D eigenvalue weighted by Gasteiger charge is -2.47. The van der Waals surface area contributed by atoms with Gasteiger partial charge in [-0.1, -0.05) is 11.2 Å². The molecule has 2 aliphatic rings. The van der Waals surface area contributed by atoms with E-state index in [0.29, 0.717) is 31.0 Å². The highest BCUT2D eigenvalue weighted by molar-refractivity contribution is 5.94. The number of morpholine rings is 1. The molecule has 0 unspecified atom stereocenters. The average Bonchev–Trinajstić information content (AvgIpc) is 3.09. The van der Waals surface area contributed by atoms with E-state index in [0.717, 1.165) is 31.7 Å². The molecule has 0 aliphatic carbocycles. The largest absolute Gasteiger partial charge is 0.371 e. The highest BCUT2D eigenvalue weighted by Gasteiger charge is 2.41. The highest BCUT2D eigenvalue weighted by Crippen LogP contribution is 2.32. The normalized spacial score (nSPS) is 20.0. The van der Waals surface area contributed by atoms with Crippen molar-refractivity contribution in [1.29, 1.82) is 0 Å². The third-order valence-electron chi connectivity index (χ3n) is 5.16. The predicted molar refractivity (Wildman–Crippen MR) is 91.5 cm³/mol. The van der Waals surface area contributed by atoms with Crippen molar-refractivity contribution in [2.24, 2.45) is 0 Å². The molecule has 132 valence electrons. The van der Waals surface area contributed by atoms with Crippen molar-refractivity contribution in [1.82, 2.24) is 15.0 Å². The number of rotatable bonds is 2. The summed E-state index contributed by atoms with van der Waals surface area (Å²) in [5.41, 5.74) is 0.353. The van der Waals surface area contributed by atoms with Crippen molar-refractivity contribution in [3.8, 4) is 0 Å². The number of pyridine rings is 1. The fourth-order valence-electron chi connectivity index (χ4n) is 3.68. The molecule has 2 saturated heterocycles. The molecule has 7 nitrogen and oxygen atoms in total. The van der Waals surface area contributed by atoms with Crippen LogP contribution in [0.2, 0.25) is 0 Å². The van der Waals surface area contributed by atoms with E-state index in [1.807, 2.05) is 29.3 Å². The molecule has 4 rings (SSSR count). The van der Waals surface area contributed by atoms with Crippen molar-refractivity contribution >= 4 is 11.7 Å². The lowest BCUT2D eigenvalue weighted by atomic mass is 9.89. The monoisotopic (exact) mass is 342 g/mol. The third kappa shape index (κ3) is 3.11. The zero-order valence-electron chi connectivity index (χ0n) is 14.4. The van der Waals surface area contributed by atoms with Gasteiger partial charge in [0, 0.05) is 32.4 Å². The van der Waals surface area contributed by atoms with Crippen LogP contribution in [0.15, 0.2) is 35.1 Å². The molecule has 0 aromatic carbocycles. The number of anilines is 1. The summed E-state index contributed by atoms with van der Waals surface area (Å²) < 4.78 is 11.2. The molecule has 0 atom stereocenters. The van der Waals surface area contributed by atoms with Crippen LogP contribution in [0.5, 0.6) is 0 Å². The van der Waals surface area contributed by atoms with Gasteiger partial charge < -0.3 is 19.1 Å². The topological polar surface area (TPSA) is 71.7 Å². The number of likely N-dealkylation sites (tertiary alicyclic amines) is 1. The molecule has 2 fully saturated rings. The molecule has 0 N–H and O–H groups in total. The molecule has 25 heavy (non-hydrogen) atoms. The summed E-state index contributed by atoms with van der Waals surface area (Å²) in [6, 6.07) is 5.97. The van der Waals surface area contributed by atoms with Crippen LogP contribution < -0.4 is 4.90 Å². The number of amides is 1. The van der Waals surface area contributed by atoms with Crippen molar-refractivity contribution in [2.75, 3.05) is 37.7 Å². The molecular formula is C18H22N4O3. The maximum atomic E-state index is 12.6. The van der Waals surface area contributed by atoms with E-state index in [2.05, 4.69) is 15.0 Å². The first-order chi connectivity index (χ1) is 12.2. The van der Waals surface area contributed by atoms with E-state index in [-0.39, 0.29) is 11.5 Å². The molecule has 2 aliphatic heterocycles. The van der Waals surface area contributed by atoms with E-state index in [1.165, 1.54) is 6.20 Å². The van der Waals surface area contributed by atoms with Gasteiger partial charge in [0.2, 0.25) is 0 Å². The molecule has 4 heterocycles. The first kappa shape index (κ1) is 16.1. The van der Waals surface area contributed by atoms with Crippen LogP contribution in [-0.2, 0) is 4.74 Å². The standard InChI is InChI=1S/C18H22N4O3/c1-14-15(12-20-25-14)17(23)21-8-5-18(6-9-21)13-22(10-11-24-18)16-4-2-3-7-19-16/h2-4,7,12H,5-6,8-11,13H2,1H3. The average molecular weight is 342 g/mol. The van der Waals surface area contributed by atoms with Gasteiger partial charge in [0.05, 0.1) is 18.4 Å². The zero-order chi connectivity index (χ0) is 17.3. The number of carbonyl (C=O) groups excluding carboxylic acids is 1. The predicted octanol–water partition coefficient (Wildman–Crippen LogP) is 1.89. The van der Waals surface area contributed by atoms with Gasteiger partial charge in [-0.2, -0.15) is 0 Å². The fraction of sp³-hybridized carbons (Fsp3) is 0.500. The van der Waals surface area contributed by atoms with Crippen molar-refractivity contribution in [2.45, 2.75) is 25.4 Å². The van der Waals surface area contributed by atoms with E-state index < -0.39 is 0 Å². The number of hydrogen-bond acceptors (Lipinski definition) is 6. The van der Waals surface area contributed by atoms with E-state index in [9.17, 15) is 4.79 Å². The van der Waals surface area contributed by atoms with Gasteiger partial charge in [0.25, 0.3) is 5.91 Å². The maximum absolute atomic E-state index is 12.6. The number of hydrogen-bond donors (Lipinski definition) is 0. The number of nitrogens with zero attached hydrogens (tertiary/aromatic N) is 4. The molecule has 2 aromatic rings. The van der Waals surface area contributed by atoms with Crippen molar-refractivity contribution in [3.05, 3.63) is 41.9 Å². The first-order valence-corrected chi connectivity index (χ1v) is 8.67. The summed E-state index contributed by atoms with van der Waals surface area (Å²) in [7, 11) is 0. The fourth-order valence-corrected chi connectivity index (χ4v) is 3.68. The Balaban J connectivity index is 1.42. The number of aromatic nitrogens is 2. The Morgan fingerprint density at radius 1 is 1.24 bits per heavy atom. The van der Waals surface area contributed by atoms with E-state index in [4.69, 9.17) is 9.26 Å². The number of ether oxygens (including phenoxy) is 1. The Hall–Kier alpha value is -2.41. The van der Waals surface area contributed by atoms with Crippen molar-refractivity contribution < 1.29 is 14.1 Å². The summed E-state index contributed by atoms with van der Waals surface area (Å²) in [5, 5.41) is 3.70. The number of carbonyl (C=O) groups is 1. The third-order valence-corrected chi connectivity index (χ3v) is 5.16. The van der Waals surface area contributed by atoms with Gasteiger partial charge >= 0.3 is 0 Å². The molecule has 7 heteroatoms. The van der Waals surface area contributed by atoms with Gasteiger partial charge in [-0.05, 0) is 31.9 Å². The molecule has 0 saturated carbocycles. The minimum Gasteiger partial charge on any atom is -0.371 e. The van der Waals surface area contributed by atoms with Crippen LogP contribution in [0.25, 0.3) is 0 Å². The van der Waals surface area contributed by atoms with Gasteiger partial charge in [-0.25, -0.2) is 4.98 Å². The Bertz CT molecular complexity index is 738. The Labute approximate surface area is 146 Å². The van der Waals surface area contributed by atoms with E-state index in [1.54, 1.807) is 6.92 Å².